The number of nitrogen functional groups attached to an aromatic ring is 1. The molecule has 0 aromatic carbocycles. The molecule has 2 aromatic heterocycles. The largest absolute Gasteiger partial charge is 0.369 e. The van der Waals surface area contributed by atoms with Gasteiger partial charge in [0.25, 0.3) is 0 Å². The lowest BCUT2D eigenvalue weighted by molar-refractivity contribution is 0.710. The number of hydrogen-bond donors (Lipinski definition) is 3. The molecule has 0 spiro atoms. The number of hydrogen-bond acceptors (Lipinski definition) is 6. The zero-order valence-corrected chi connectivity index (χ0v) is 11.9. The molecule has 2 rings (SSSR count). The van der Waals surface area contributed by atoms with E-state index < -0.39 is 0 Å². The fraction of sp³-hybridized carbons (Fsp3) is 0.462. The number of aromatic nitrogens is 4. The second-order valence-electron chi connectivity index (χ2n) is 4.57. The summed E-state index contributed by atoms with van der Waals surface area (Å²) in [6.07, 6.45) is 6.10. The van der Waals surface area contributed by atoms with Gasteiger partial charge in [0, 0.05) is 37.5 Å². The van der Waals surface area contributed by atoms with Crippen LogP contribution in [0, 0.1) is 0 Å². The van der Waals surface area contributed by atoms with Crippen LogP contribution in [0.3, 0.4) is 0 Å². The van der Waals surface area contributed by atoms with Gasteiger partial charge in [0.05, 0.1) is 0 Å². The van der Waals surface area contributed by atoms with Crippen molar-refractivity contribution in [2.24, 2.45) is 12.9 Å². The van der Waals surface area contributed by atoms with Gasteiger partial charge in [-0.3, -0.25) is 4.68 Å². The first-order chi connectivity index (χ1) is 9.76. The van der Waals surface area contributed by atoms with Crippen molar-refractivity contribution in [2.45, 2.75) is 26.2 Å². The predicted molar refractivity (Wildman–Crippen MR) is 79.2 cm³/mol. The summed E-state index contributed by atoms with van der Waals surface area (Å²) in [5.41, 5.74) is 4.84. The maximum Gasteiger partial charge on any atom is 0.148 e. The molecule has 108 valence electrons. The van der Waals surface area contributed by atoms with E-state index in [-0.39, 0.29) is 0 Å². The van der Waals surface area contributed by atoms with Gasteiger partial charge in [-0.15, -0.1) is 0 Å². The van der Waals surface area contributed by atoms with Gasteiger partial charge in [-0.1, -0.05) is 13.3 Å². The summed E-state index contributed by atoms with van der Waals surface area (Å²) < 4.78 is 1.88. The molecule has 0 fully saturated rings. The Labute approximate surface area is 118 Å². The minimum atomic E-state index is 0.685. The Kier molecular flexibility index (Phi) is 4.89. The minimum absolute atomic E-state index is 0.685. The number of hydrazine groups is 1. The lowest BCUT2D eigenvalue weighted by Gasteiger charge is -2.13. The third-order valence-corrected chi connectivity index (χ3v) is 3.18. The van der Waals surface area contributed by atoms with Crippen molar-refractivity contribution in [3.8, 4) is 0 Å². The molecule has 2 aromatic rings. The Morgan fingerprint density at radius 3 is 2.70 bits per heavy atom. The quantitative estimate of drug-likeness (QED) is 0.517. The molecular weight excluding hydrogens is 254 g/mol. The maximum absolute atomic E-state index is 5.50. The van der Waals surface area contributed by atoms with Gasteiger partial charge >= 0.3 is 0 Å². The molecular formula is C13H21N7. The Morgan fingerprint density at radius 2 is 2.05 bits per heavy atom. The Hall–Kier alpha value is -2.15. The molecule has 0 aliphatic rings. The van der Waals surface area contributed by atoms with E-state index >= 15 is 0 Å². The zero-order chi connectivity index (χ0) is 14.4. The second-order valence-corrected chi connectivity index (χ2v) is 4.57. The Bertz CT molecular complexity index is 549. The normalized spacial score (nSPS) is 10.6. The molecule has 0 saturated carbocycles. The highest BCUT2D eigenvalue weighted by Crippen LogP contribution is 2.20. The average Bonchev–Trinajstić information content (AvgIpc) is 2.86. The van der Waals surface area contributed by atoms with Gasteiger partial charge < -0.3 is 10.7 Å². The molecule has 7 nitrogen and oxygen atoms in total. The topological polar surface area (TPSA) is 93.7 Å². The molecule has 0 unspecified atom stereocenters. The molecule has 0 bridgehead atoms. The van der Waals surface area contributed by atoms with E-state index in [9.17, 15) is 0 Å². The SMILES string of the molecule is CCCc1c(NN)ncnc1NCCc1ccnn1C. The molecule has 0 amide bonds. The number of rotatable bonds is 7. The van der Waals surface area contributed by atoms with Crippen LogP contribution in [0.5, 0.6) is 0 Å². The summed E-state index contributed by atoms with van der Waals surface area (Å²) in [5.74, 6) is 7.03. The Balaban J connectivity index is 2.03. The van der Waals surface area contributed by atoms with E-state index in [0.29, 0.717) is 5.82 Å². The molecule has 4 N–H and O–H groups in total. The summed E-state index contributed by atoms with van der Waals surface area (Å²) in [6.45, 7) is 2.91. The first-order valence-corrected chi connectivity index (χ1v) is 6.77. The van der Waals surface area contributed by atoms with Crippen LogP contribution in [-0.4, -0.2) is 26.3 Å². The molecule has 0 aliphatic heterocycles. The monoisotopic (exact) mass is 275 g/mol. The van der Waals surface area contributed by atoms with Crippen molar-refractivity contribution in [1.29, 1.82) is 0 Å². The molecule has 2 heterocycles. The molecule has 0 aliphatic carbocycles. The number of anilines is 2. The van der Waals surface area contributed by atoms with Gasteiger partial charge in [-0.2, -0.15) is 5.10 Å². The third-order valence-electron chi connectivity index (χ3n) is 3.18. The van der Waals surface area contributed by atoms with Gasteiger partial charge in [0.1, 0.15) is 18.0 Å². The fourth-order valence-electron chi connectivity index (χ4n) is 2.13. The van der Waals surface area contributed by atoms with Crippen molar-refractivity contribution < 1.29 is 0 Å². The van der Waals surface area contributed by atoms with Crippen molar-refractivity contribution in [1.82, 2.24) is 19.7 Å². The second kappa shape index (κ2) is 6.85. The first kappa shape index (κ1) is 14.3. The highest BCUT2D eigenvalue weighted by molar-refractivity contribution is 5.56. The molecule has 7 heteroatoms. The summed E-state index contributed by atoms with van der Waals surface area (Å²) in [5, 5.41) is 7.50. The summed E-state index contributed by atoms with van der Waals surface area (Å²) in [6, 6.07) is 2.02. The van der Waals surface area contributed by atoms with Gasteiger partial charge in [0.15, 0.2) is 0 Å². The van der Waals surface area contributed by atoms with Crippen molar-refractivity contribution in [3.05, 3.63) is 29.8 Å². The van der Waals surface area contributed by atoms with Gasteiger partial charge in [-0.05, 0) is 12.5 Å². The standard InChI is InChI=1S/C13H21N7/c1-3-4-11-12(16-9-17-13(11)19-14)15-7-5-10-6-8-18-20(10)2/h6,8-9H,3-5,7,14H2,1-2H3,(H2,15,16,17,19). The van der Waals surface area contributed by atoms with Crippen LogP contribution in [0.2, 0.25) is 0 Å². The lowest BCUT2D eigenvalue weighted by Crippen LogP contribution is -2.15. The summed E-state index contributed by atoms with van der Waals surface area (Å²) in [4.78, 5) is 8.45. The van der Waals surface area contributed by atoms with Gasteiger partial charge in [0.2, 0.25) is 0 Å². The smallest absolute Gasteiger partial charge is 0.148 e. The number of nitrogens with one attached hydrogen (secondary N) is 2. The highest BCUT2D eigenvalue weighted by Gasteiger charge is 2.09. The van der Waals surface area contributed by atoms with Crippen LogP contribution in [0.25, 0.3) is 0 Å². The van der Waals surface area contributed by atoms with E-state index in [4.69, 9.17) is 5.84 Å². The number of aryl methyl sites for hydroxylation is 1. The minimum Gasteiger partial charge on any atom is -0.369 e. The summed E-state index contributed by atoms with van der Waals surface area (Å²) >= 11 is 0. The van der Waals surface area contributed by atoms with Crippen molar-refractivity contribution in [3.63, 3.8) is 0 Å². The number of nitrogens with two attached hydrogens (primary N) is 1. The molecule has 0 atom stereocenters. The van der Waals surface area contributed by atoms with Crippen molar-refractivity contribution in [2.75, 3.05) is 17.3 Å². The van der Waals surface area contributed by atoms with Crippen molar-refractivity contribution >= 4 is 11.6 Å². The summed E-state index contributed by atoms with van der Waals surface area (Å²) in [7, 11) is 1.94. The van der Waals surface area contributed by atoms with E-state index in [0.717, 1.165) is 37.2 Å². The average molecular weight is 275 g/mol. The number of nitrogens with zero attached hydrogens (tertiary/aromatic N) is 4. The lowest BCUT2D eigenvalue weighted by atomic mass is 10.1. The highest BCUT2D eigenvalue weighted by atomic mass is 15.3. The first-order valence-electron chi connectivity index (χ1n) is 6.77. The van der Waals surface area contributed by atoms with E-state index in [1.165, 1.54) is 12.0 Å². The van der Waals surface area contributed by atoms with E-state index in [1.807, 2.05) is 17.8 Å². The zero-order valence-electron chi connectivity index (χ0n) is 11.9. The molecule has 0 radical (unpaired) electrons. The third kappa shape index (κ3) is 3.24. The van der Waals surface area contributed by atoms with Crippen LogP contribution in [0.15, 0.2) is 18.6 Å². The van der Waals surface area contributed by atoms with Crippen LogP contribution in [-0.2, 0) is 19.9 Å². The fourth-order valence-corrected chi connectivity index (χ4v) is 2.13. The van der Waals surface area contributed by atoms with Crippen LogP contribution < -0.4 is 16.6 Å². The molecule has 20 heavy (non-hydrogen) atoms. The molecule has 0 saturated heterocycles. The van der Waals surface area contributed by atoms with E-state index in [1.54, 1.807) is 6.20 Å². The predicted octanol–water partition coefficient (Wildman–Crippen LogP) is 1.10. The van der Waals surface area contributed by atoms with Gasteiger partial charge in [-0.25, -0.2) is 15.8 Å². The van der Waals surface area contributed by atoms with E-state index in [2.05, 4.69) is 32.7 Å². The van der Waals surface area contributed by atoms with Crippen LogP contribution in [0.4, 0.5) is 11.6 Å². The van der Waals surface area contributed by atoms with Crippen LogP contribution in [0.1, 0.15) is 24.6 Å². The maximum atomic E-state index is 5.50. The van der Waals surface area contributed by atoms with Crippen LogP contribution >= 0.6 is 0 Å². The Morgan fingerprint density at radius 1 is 1.25 bits per heavy atom.